The molecule has 4 N–H and O–H groups in total. The van der Waals surface area contributed by atoms with Gasteiger partial charge >= 0.3 is 6.55 Å². The first kappa shape index (κ1) is 30.6. The van der Waals surface area contributed by atoms with Crippen LogP contribution in [0.4, 0.5) is 14.5 Å². The van der Waals surface area contributed by atoms with Gasteiger partial charge in [-0.2, -0.15) is 8.78 Å². The molecule has 3 aromatic rings. The molecule has 0 radical (unpaired) electrons. The Hall–Kier alpha value is -4.33. The molecule has 0 saturated carbocycles. The number of benzene rings is 1. The van der Waals surface area contributed by atoms with Crippen LogP contribution in [0.15, 0.2) is 59.8 Å². The highest BCUT2D eigenvalue weighted by Crippen LogP contribution is 2.39. The molecule has 42 heavy (non-hydrogen) atoms. The highest BCUT2D eigenvalue weighted by molar-refractivity contribution is 6.31. The number of hydrogen-bond acceptors (Lipinski definition) is 8. The van der Waals surface area contributed by atoms with E-state index in [0.717, 1.165) is 0 Å². The number of halogens is 3. The number of primary amides is 1. The minimum atomic E-state index is -2.76. The first-order valence-electron chi connectivity index (χ1n) is 12.7. The average molecular weight is 603 g/mol. The Morgan fingerprint density at radius 1 is 1.17 bits per heavy atom. The van der Waals surface area contributed by atoms with E-state index in [1.54, 1.807) is 25.1 Å². The number of ether oxygens (including phenoxy) is 2. The zero-order chi connectivity index (χ0) is 30.6. The summed E-state index contributed by atoms with van der Waals surface area (Å²) < 4.78 is 38.8. The maximum atomic E-state index is 13.5. The van der Waals surface area contributed by atoms with Crippen LogP contribution in [0.3, 0.4) is 0 Å². The Bertz CT molecular complexity index is 1560. The van der Waals surface area contributed by atoms with Crippen LogP contribution in [0, 0.1) is 0 Å². The molecule has 11 nitrogen and oxygen atoms in total. The summed E-state index contributed by atoms with van der Waals surface area (Å²) in [6.07, 6.45) is 4.14. The smallest absolute Gasteiger partial charge is 0.327 e. The third-order valence-electron chi connectivity index (χ3n) is 6.66. The van der Waals surface area contributed by atoms with Crippen LogP contribution in [0.1, 0.15) is 35.4 Å². The van der Waals surface area contributed by atoms with Gasteiger partial charge in [0.15, 0.2) is 0 Å². The van der Waals surface area contributed by atoms with Gasteiger partial charge in [0.1, 0.15) is 17.5 Å². The number of anilines is 1. The highest BCUT2D eigenvalue weighted by atomic mass is 35.5. The second-order valence-electron chi connectivity index (χ2n) is 9.39. The number of nitrogens with two attached hydrogens (primary N) is 1. The minimum Gasteiger partial charge on any atom is -0.495 e. The third-order valence-corrected chi connectivity index (χ3v) is 6.90. The summed E-state index contributed by atoms with van der Waals surface area (Å²) in [6.45, 7) is -0.866. The molecule has 1 aliphatic rings. The molecule has 0 saturated heterocycles. The zero-order valence-electron chi connectivity index (χ0n) is 22.9. The standard InChI is InChI=1S/C28H29ClF2N6O5/c1-15-21(13-37(35-15)28(30)31)18-6-4-16(29)10-19(18)20-11-25(38)36(14-24(20)42-3)23(8-9-41-2)27(40)34-17-5-7-22(26(32)39)33-12-17/h4-7,10-15,23,28,35H,8-9H2,1-3H3,(H2,32,39)(H,34,40). The van der Waals surface area contributed by atoms with Crippen molar-refractivity contribution in [3.63, 3.8) is 0 Å². The third kappa shape index (κ3) is 6.59. The summed E-state index contributed by atoms with van der Waals surface area (Å²) >= 11 is 6.32. The van der Waals surface area contributed by atoms with Gasteiger partial charge in [0, 0.05) is 43.0 Å². The predicted molar refractivity (Wildman–Crippen MR) is 153 cm³/mol. The van der Waals surface area contributed by atoms with Gasteiger partial charge in [-0.1, -0.05) is 17.7 Å². The van der Waals surface area contributed by atoms with Crippen molar-refractivity contribution < 1.29 is 27.8 Å². The van der Waals surface area contributed by atoms with E-state index in [1.165, 1.54) is 55.6 Å². The van der Waals surface area contributed by atoms with Crippen LogP contribution in [-0.2, 0) is 9.53 Å². The predicted octanol–water partition coefficient (Wildman–Crippen LogP) is 3.66. The Morgan fingerprint density at radius 3 is 2.52 bits per heavy atom. The van der Waals surface area contributed by atoms with E-state index in [9.17, 15) is 23.2 Å². The summed E-state index contributed by atoms with van der Waals surface area (Å²) in [6, 6.07) is 7.60. The maximum Gasteiger partial charge on any atom is 0.327 e. The fraction of sp³-hybridized carbons (Fsp3) is 0.286. The molecule has 2 unspecified atom stereocenters. The lowest BCUT2D eigenvalue weighted by atomic mass is 9.92. The van der Waals surface area contributed by atoms with Gasteiger partial charge in [-0.3, -0.25) is 24.0 Å². The topological polar surface area (TPSA) is 141 Å². The fourth-order valence-corrected chi connectivity index (χ4v) is 4.78. The lowest BCUT2D eigenvalue weighted by Gasteiger charge is -2.22. The van der Waals surface area contributed by atoms with Crippen LogP contribution in [0.25, 0.3) is 16.7 Å². The lowest BCUT2D eigenvalue weighted by Crippen LogP contribution is -2.37. The number of hydrazine groups is 1. The highest BCUT2D eigenvalue weighted by Gasteiger charge is 2.29. The van der Waals surface area contributed by atoms with Gasteiger partial charge in [-0.05, 0) is 47.9 Å². The zero-order valence-corrected chi connectivity index (χ0v) is 23.7. The van der Waals surface area contributed by atoms with Crippen molar-refractivity contribution in [3.05, 3.63) is 81.6 Å². The number of nitrogens with one attached hydrogen (secondary N) is 2. The van der Waals surface area contributed by atoms with Crippen molar-refractivity contribution >= 4 is 34.7 Å². The fourth-order valence-electron chi connectivity index (χ4n) is 4.61. The van der Waals surface area contributed by atoms with Crippen molar-refractivity contribution in [2.24, 2.45) is 5.73 Å². The monoisotopic (exact) mass is 602 g/mol. The van der Waals surface area contributed by atoms with E-state index in [1.807, 2.05) is 0 Å². The van der Waals surface area contributed by atoms with Crippen molar-refractivity contribution in [1.82, 2.24) is 20.0 Å². The summed E-state index contributed by atoms with van der Waals surface area (Å²) in [4.78, 5) is 42.1. The molecule has 3 heterocycles. The molecule has 1 aliphatic heterocycles. The van der Waals surface area contributed by atoms with Crippen LogP contribution in [0.2, 0.25) is 5.02 Å². The van der Waals surface area contributed by atoms with E-state index >= 15 is 0 Å². The number of amides is 2. The van der Waals surface area contributed by atoms with E-state index in [0.29, 0.717) is 32.3 Å². The Balaban J connectivity index is 1.76. The SMILES string of the molecule is COCCC(C(=O)Nc1ccc(C(N)=O)nc1)n1cc(OC)c(-c2cc(Cl)ccc2C2=CN(C(F)F)NC2C)cc1=O. The Kier molecular flexibility index (Phi) is 9.55. The van der Waals surface area contributed by atoms with E-state index in [2.05, 4.69) is 15.7 Å². The Morgan fingerprint density at radius 2 is 1.93 bits per heavy atom. The van der Waals surface area contributed by atoms with Gasteiger partial charge in [0.2, 0.25) is 5.91 Å². The molecule has 1 aromatic carbocycles. The molecule has 2 amide bonds. The molecule has 0 aliphatic carbocycles. The number of aromatic nitrogens is 2. The molecule has 0 bridgehead atoms. The number of nitrogens with zero attached hydrogens (tertiary/aromatic N) is 3. The molecular formula is C28H29ClF2N6O5. The summed E-state index contributed by atoms with van der Waals surface area (Å²) in [5.74, 6) is -1.01. The van der Waals surface area contributed by atoms with Crippen LogP contribution in [0.5, 0.6) is 5.75 Å². The largest absolute Gasteiger partial charge is 0.495 e. The first-order valence-corrected chi connectivity index (χ1v) is 13.1. The van der Waals surface area contributed by atoms with Crippen molar-refractivity contribution in [2.45, 2.75) is 32.0 Å². The number of alkyl halides is 2. The quantitative estimate of drug-likeness (QED) is 0.283. The van der Waals surface area contributed by atoms with Gasteiger partial charge in [0.05, 0.1) is 31.2 Å². The second-order valence-corrected chi connectivity index (χ2v) is 9.83. The van der Waals surface area contributed by atoms with Gasteiger partial charge in [-0.15, -0.1) is 0 Å². The van der Waals surface area contributed by atoms with Crippen LogP contribution in [-0.4, -0.2) is 59.8 Å². The number of carbonyl (C=O) groups excluding carboxylic acids is 2. The molecule has 14 heteroatoms. The van der Waals surface area contributed by atoms with Crippen molar-refractivity contribution in [1.29, 1.82) is 0 Å². The molecule has 4 rings (SSSR count). The molecule has 2 aromatic heterocycles. The van der Waals surface area contributed by atoms with E-state index in [4.69, 9.17) is 26.8 Å². The average Bonchev–Trinajstić information content (AvgIpc) is 3.35. The lowest BCUT2D eigenvalue weighted by molar-refractivity contribution is -0.119. The van der Waals surface area contributed by atoms with Crippen LogP contribution < -0.4 is 26.8 Å². The van der Waals surface area contributed by atoms with Gasteiger partial charge < -0.3 is 20.5 Å². The van der Waals surface area contributed by atoms with Crippen molar-refractivity contribution in [2.75, 3.05) is 26.1 Å². The summed E-state index contributed by atoms with van der Waals surface area (Å²) in [5.41, 5.74) is 9.67. The summed E-state index contributed by atoms with van der Waals surface area (Å²) in [5, 5.41) is 3.76. The molecule has 2 atom stereocenters. The first-order chi connectivity index (χ1) is 20.0. The number of pyridine rings is 2. The van der Waals surface area contributed by atoms with Crippen LogP contribution >= 0.6 is 11.6 Å². The van der Waals surface area contributed by atoms with Gasteiger partial charge in [-0.25, -0.2) is 10.4 Å². The molecule has 222 valence electrons. The molecule has 0 spiro atoms. The molecule has 0 fully saturated rings. The van der Waals surface area contributed by atoms with Crippen molar-refractivity contribution in [3.8, 4) is 16.9 Å². The minimum absolute atomic E-state index is 0.0290. The summed E-state index contributed by atoms with van der Waals surface area (Å²) in [7, 11) is 2.88. The van der Waals surface area contributed by atoms with E-state index < -0.39 is 36.0 Å². The number of carbonyl (C=O) groups is 2. The van der Waals surface area contributed by atoms with E-state index in [-0.39, 0.29) is 30.2 Å². The maximum absolute atomic E-state index is 13.5. The number of rotatable bonds is 11. The molecular weight excluding hydrogens is 574 g/mol. The number of hydrogen-bond donors (Lipinski definition) is 3. The second kappa shape index (κ2) is 13.1. The van der Waals surface area contributed by atoms with Gasteiger partial charge in [0.25, 0.3) is 11.5 Å². The normalized spacial score (nSPS) is 15.5. The Labute approximate surface area is 244 Å². The number of methoxy groups -OCH3 is 2.